The largest absolute Gasteiger partial charge is 0.510 e. The molecule has 0 unspecified atom stereocenters. The van der Waals surface area contributed by atoms with Gasteiger partial charge in [-0.1, -0.05) is 55.5 Å². The van der Waals surface area contributed by atoms with E-state index in [1.54, 1.807) is 53.6 Å². The maximum absolute atomic E-state index is 14.4. The molecular formula is C63H75N7O15S. The van der Waals surface area contributed by atoms with Crippen LogP contribution in [0.15, 0.2) is 76.9 Å². The molecule has 0 spiro atoms. The van der Waals surface area contributed by atoms with Crippen molar-refractivity contribution in [3.05, 3.63) is 111 Å². The number of amides is 2. The molecule has 86 heavy (non-hydrogen) atoms. The highest BCUT2D eigenvalue weighted by Crippen LogP contribution is 2.42. The minimum atomic E-state index is -3.49. The highest BCUT2D eigenvalue weighted by atomic mass is 32.2. The van der Waals surface area contributed by atoms with Crippen LogP contribution in [0.1, 0.15) is 138 Å². The number of anilines is 1. The molecule has 7 rings (SSSR count). The summed E-state index contributed by atoms with van der Waals surface area (Å²) in [5.74, 6) is 3.30. The van der Waals surface area contributed by atoms with Gasteiger partial charge in [0.2, 0.25) is 32.4 Å². The molecule has 0 bridgehead atoms. The lowest BCUT2D eigenvalue weighted by Crippen LogP contribution is -2.47. The third kappa shape index (κ3) is 17.3. The van der Waals surface area contributed by atoms with Crippen molar-refractivity contribution in [1.82, 2.24) is 24.4 Å². The van der Waals surface area contributed by atoms with E-state index < -0.39 is 44.9 Å². The maximum Gasteiger partial charge on any atom is 0.510 e. The number of hydrogen-bond donors (Lipinski definition) is 2. The molecule has 22 nitrogen and oxygen atoms in total. The van der Waals surface area contributed by atoms with Gasteiger partial charge in [0.15, 0.2) is 11.6 Å². The Morgan fingerprint density at radius 2 is 1.58 bits per heavy atom. The number of hydrogen-bond acceptors (Lipinski definition) is 19. The topological polar surface area (TPSA) is 302 Å². The summed E-state index contributed by atoms with van der Waals surface area (Å²) in [6.45, 7) is 7.61. The van der Waals surface area contributed by atoms with Gasteiger partial charge in [0, 0.05) is 112 Å². The van der Waals surface area contributed by atoms with Crippen molar-refractivity contribution in [2.75, 3.05) is 51.1 Å². The van der Waals surface area contributed by atoms with Crippen LogP contribution in [-0.2, 0) is 94.1 Å². The first-order valence-corrected chi connectivity index (χ1v) is 30.9. The van der Waals surface area contributed by atoms with E-state index in [2.05, 4.69) is 27.1 Å². The third-order valence-electron chi connectivity index (χ3n) is 15.0. The van der Waals surface area contributed by atoms with Crippen LogP contribution in [0.3, 0.4) is 0 Å². The number of cyclic esters (lactones) is 1. The number of esters is 1. The zero-order valence-electron chi connectivity index (χ0n) is 49.4. The monoisotopic (exact) mass is 1200 g/mol. The van der Waals surface area contributed by atoms with Crippen LogP contribution in [0.5, 0.6) is 0 Å². The summed E-state index contributed by atoms with van der Waals surface area (Å²) in [6.07, 6.45) is 7.39. The number of carbonyl (C=O) groups excluding carboxylic acids is 7. The zero-order chi connectivity index (χ0) is 62.0. The highest BCUT2D eigenvalue weighted by molar-refractivity contribution is 7.90. The van der Waals surface area contributed by atoms with Crippen molar-refractivity contribution in [1.29, 1.82) is 0 Å². The van der Waals surface area contributed by atoms with Gasteiger partial charge in [-0.25, -0.2) is 33.0 Å². The van der Waals surface area contributed by atoms with Crippen molar-refractivity contribution < 1.29 is 65.7 Å². The summed E-state index contributed by atoms with van der Waals surface area (Å²) < 4.78 is 52.5. The fourth-order valence-corrected chi connectivity index (χ4v) is 10.9. The average Bonchev–Trinajstić information content (AvgIpc) is 1.47. The highest BCUT2D eigenvalue weighted by Gasteiger charge is 2.51. The Labute approximate surface area is 500 Å². The molecular weight excluding hydrogens is 1130 g/mol. The molecule has 0 saturated heterocycles. The lowest BCUT2D eigenvalue weighted by Gasteiger charge is -2.35. The predicted molar refractivity (Wildman–Crippen MR) is 317 cm³/mol. The second kappa shape index (κ2) is 30.9. The van der Waals surface area contributed by atoms with Crippen LogP contribution in [0.2, 0.25) is 0 Å². The number of nitrogens with zero attached hydrogens (tertiary/aromatic N) is 5. The Morgan fingerprint density at radius 3 is 2.27 bits per heavy atom. The normalized spacial score (nSPS) is 14.5. The summed E-state index contributed by atoms with van der Waals surface area (Å²) in [5.41, 5.74) is 8.52. The van der Waals surface area contributed by atoms with Crippen molar-refractivity contribution in [3.63, 3.8) is 0 Å². The van der Waals surface area contributed by atoms with E-state index in [0.29, 0.717) is 124 Å². The molecule has 0 aliphatic carbocycles. The summed E-state index contributed by atoms with van der Waals surface area (Å²) in [5, 5.41) is 3.49. The number of ether oxygens (including phenoxy) is 5. The summed E-state index contributed by atoms with van der Waals surface area (Å²) in [4.78, 5) is 120. The molecule has 0 fully saturated rings. The Morgan fingerprint density at radius 1 is 0.884 bits per heavy atom. The first kappa shape index (κ1) is 65.5. The molecule has 2 aliphatic heterocycles. The van der Waals surface area contributed by atoms with E-state index in [-0.39, 0.29) is 97.8 Å². The fourth-order valence-electron chi connectivity index (χ4n) is 10.4. The molecule has 2 aromatic carbocycles. The summed E-state index contributed by atoms with van der Waals surface area (Å²) >= 11 is 0. The first-order valence-electron chi connectivity index (χ1n) is 29.0. The quantitative estimate of drug-likeness (QED) is 0.0185. The molecule has 458 valence electrons. The number of sulfone groups is 1. The molecule has 2 amide bonds. The Balaban J connectivity index is 0.841. The van der Waals surface area contributed by atoms with E-state index in [0.717, 1.165) is 22.8 Å². The van der Waals surface area contributed by atoms with Gasteiger partial charge in [0.25, 0.3) is 5.56 Å². The van der Waals surface area contributed by atoms with Crippen LogP contribution in [-0.4, -0.2) is 126 Å². The molecule has 3 N–H and O–H groups in total. The number of Topliss-reactive ketones (excluding diaryl/α,β-unsaturated/α-hetero) is 3. The van der Waals surface area contributed by atoms with Gasteiger partial charge in [-0.2, -0.15) is 0 Å². The number of para-hydroxylation sites is 1. The van der Waals surface area contributed by atoms with Crippen LogP contribution in [0.4, 0.5) is 10.5 Å². The number of nitrogens with two attached hydrogens (primary N) is 1. The van der Waals surface area contributed by atoms with E-state index >= 15 is 0 Å². The average molecular weight is 1200 g/mol. The third-order valence-corrected chi connectivity index (χ3v) is 15.8. The number of fused-ring (bicyclic) bond motifs is 5. The number of rotatable bonds is 32. The van der Waals surface area contributed by atoms with Crippen LogP contribution >= 0.6 is 0 Å². The summed E-state index contributed by atoms with van der Waals surface area (Å²) in [6, 6.07) is 15.8. The van der Waals surface area contributed by atoms with Crippen LogP contribution < -0.4 is 16.6 Å². The van der Waals surface area contributed by atoms with Gasteiger partial charge in [0.05, 0.1) is 34.6 Å². The standard InChI is InChI=1S/C63H75N7O15S/c1-6-63(54-33-56-57-52(36-70(56)59(76)53(54)40-83-60(63)77)50(27-29-69(41(2)3)42(4)71)51-21-10-11-22-55(51)68-57)85-62(78)84-37-43-23-25-46(26-24-43)67-58(75)45(17-12-13-28-64)32-49(74)39-82-38-48(73)20-15-31-81-30-14-19-47(72)18-9-7-8-16-44-34-65-61(66-35-44)86(5,79)80/h10-11,21-26,33-35,41,45H,6-7,9,12-15,17-20,27-32,36-40,64H2,1-5H3,(H,67,75)/t45-,63+/m1/s1. The molecule has 2 aliphatic rings. The smallest absolute Gasteiger partial charge is 0.457 e. The fraction of sp³-hybridized carbons (Fsp3) is 0.476. The predicted octanol–water partition coefficient (Wildman–Crippen LogP) is 7.03. The molecule has 0 saturated carbocycles. The molecule has 5 heterocycles. The Kier molecular flexibility index (Phi) is 23.5. The Hall–Kier alpha value is -8.04. The van der Waals surface area contributed by atoms with Crippen molar-refractivity contribution in [3.8, 4) is 23.2 Å². The summed E-state index contributed by atoms with van der Waals surface area (Å²) in [7, 11) is -3.49. The van der Waals surface area contributed by atoms with E-state index in [1.165, 1.54) is 12.4 Å². The molecule has 3 aromatic heterocycles. The van der Waals surface area contributed by atoms with Gasteiger partial charge in [0.1, 0.15) is 32.2 Å². The number of aromatic nitrogens is 4. The number of carbonyl (C=O) groups is 7. The van der Waals surface area contributed by atoms with Gasteiger partial charge in [-0.3, -0.25) is 28.8 Å². The van der Waals surface area contributed by atoms with Gasteiger partial charge in [-0.15, -0.1) is 0 Å². The van der Waals surface area contributed by atoms with E-state index in [4.69, 9.17) is 34.4 Å². The number of ketones is 3. The van der Waals surface area contributed by atoms with Crippen molar-refractivity contribution in [2.45, 2.75) is 148 Å². The lowest BCUT2D eigenvalue weighted by molar-refractivity contribution is -0.175. The van der Waals surface area contributed by atoms with Crippen LogP contribution in [0, 0.1) is 17.8 Å². The molecule has 23 heteroatoms. The second-order valence-corrected chi connectivity index (χ2v) is 23.6. The number of pyridine rings is 2. The second-order valence-electron chi connectivity index (χ2n) is 21.7. The number of benzene rings is 2. The van der Waals surface area contributed by atoms with Gasteiger partial charge < -0.3 is 44.2 Å². The minimum Gasteiger partial charge on any atom is -0.457 e. The van der Waals surface area contributed by atoms with Crippen LogP contribution in [0.25, 0.3) is 22.3 Å². The first-order chi connectivity index (χ1) is 41.2. The Bertz CT molecular complexity index is 3540. The molecule has 5 aromatic rings. The lowest BCUT2D eigenvalue weighted by atomic mass is 9.85. The van der Waals surface area contributed by atoms with Gasteiger partial charge >= 0.3 is 12.1 Å². The maximum atomic E-state index is 14.4. The number of nitrogens with one attached hydrogen (secondary N) is 1. The SMILES string of the molecule is CC[C@@]1(OC(=O)OCc2ccc(NC(=O)[C@H](CCCCN)CC(=O)COCC(=O)CCCOCCCC(=O)CCCC#Cc3cnc(S(C)(=O)=O)nc3)cc2)C(=O)OCc2c1cc1n(c2=O)Cc2c-1nc1ccccc1c2CCN(C(C)=O)C(C)C. The minimum absolute atomic E-state index is 0.0210. The van der Waals surface area contributed by atoms with Gasteiger partial charge in [-0.05, 0) is 101 Å². The van der Waals surface area contributed by atoms with Crippen molar-refractivity contribution >= 4 is 67.7 Å². The number of unbranched alkanes of at least 4 members (excludes halogenated alkanes) is 2. The van der Waals surface area contributed by atoms with E-state index in [1.807, 2.05) is 38.1 Å². The van der Waals surface area contributed by atoms with Crippen molar-refractivity contribution in [2.24, 2.45) is 11.7 Å². The van der Waals surface area contributed by atoms with E-state index in [9.17, 15) is 46.8 Å². The molecule has 2 atom stereocenters. The molecule has 0 radical (unpaired) electrons. The zero-order valence-corrected chi connectivity index (χ0v) is 50.2.